The number of hydrogen-bond donors (Lipinski definition) is 1. The van der Waals surface area contributed by atoms with Crippen LogP contribution in [0.25, 0.3) is 10.2 Å². The van der Waals surface area contributed by atoms with Gasteiger partial charge in [-0.25, -0.2) is 4.98 Å². The third-order valence-electron chi connectivity index (χ3n) is 5.95. The summed E-state index contributed by atoms with van der Waals surface area (Å²) in [5.74, 6) is 1.57. The minimum Gasteiger partial charge on any atom is -0.375 e. The summed E-state index contributed by atoms with van der Waals surface area (Å²) in [5, 5.41) is 0.558. The van der Waals surface area contributed by atoms with Crippen LogP contribution >= 0.6 is 11.3 Å². The average molecular weight is 387 g/mol. The quantitative estimate of drug-likeness (QED) is 0.869. The van der Waals surface area contributed by atoms with Gasteiger partial charge in [-0.2, -0.15) is 0 Å². The van der Waals surface area contributed by atoms with Gasteiger partial charge in [0.05, 0.1) is 10.2 Å². The fraction of sp³-hybridized carbons (Fsp3) is 0.619. The number of rotatable bonds is 4. The molecule has 1 amide bonds. The molecule has 2 aliphatic rings. The predicted molar refractivity (Wildman–Crippen MR) is 112 cm³/mol. The molecule has 146 valence electrons. The van der Waals surface area contributed by atoms with E-state index in [1.807, 2.05) is 19.1 Å². The molecule has 0 spiro atoms. The van der Waals surface area contributed by atoms with E-state index in [2.05, 4.69) is 28.6 Å². The molecular formula is C21H30N4OS. The summed E-state index contributed by atoms with van der Waals surface area (Å²) in [6.45, 7) is 10.6. The van der Waals surface area contributed by atoms with Crippen LogP contribution < -0.4 is 5.73 Å². The minimum atomic E-state index is 0.144. The van der Waals surface area contributed by atoms with Crippen molar-refractivity contribution in [2.45, 2.75) is 46.1 Å². The van der Waals surface area contributed by atoms with Crippen molar-refractivity contribution in [3.63, 3.8) is 0 Å². The Bertz CT molecular complexity index is 842. The zero-order valence-electron chi connectivity index (χ0n) is 16.6. The van der Waals surface area contributed by atoms with Crippen molar-refractivity contribution in [3.05, 3.63) is 23.3 Å². The Morgan fingerprint density at radius 3 is 2.81 bits per heavy atom. The second kappa shape index (κ2) is 7.40. The Morgan fingerprint density at radius 2 is 2.11 bits per heavy atom. The van der Waals surface area contributed by atoms with Crippen LogP contribution in [-0.4, -0.2) is 52.9 Å². The van der Waals surface area contributed by atoms with E-state index in [1.54, 1.807) is 0 Å². The highest BCUT2D eigenvalue weighted by Gasteiger charge is 2.33. The number of hydrogen-bond acceptors (Lipinski definition) is 5. The molecule has 2 fully saturated rings. The summed E-state index contributed by atoms with van der Waals surface area (Å²) in [6.07, 6.45) is 3.80. The van der Waals surface area contributed by atoms with Gasteiger partial charge in [-0.05, 0) is 55.7 Å². The molecule has 27 heavy (non-hydrogen) atoms. The Labute approximate surface area is 165 Å². The van der Waals surface area contributed by atoms with Crippen molar-refractivity contribution < 1.29 is 4.79 Å². The number of aromatic nitrogens is 1. The molecule has 2 aromatic rings. The van der Waals surface area contributed by atoms with Crippen LogP contribution in [0.4, 0.5) is 5.13 Å². The molecule has 1 aromatic carbocycles. The standard InChI is InChI=1S/C21H30N4OS/c1-13(2)17-12-25(8-4-7-24(17)11-15-5-6-15)20(26)16-9-14(3)19-18(10-16)27-21(22)23-19/h9-10,13,15,17H,4-8,11-12H2,1-3H3,(H2,22,23)/t17-/m0/s1. The number of nitrogens with two attached hydrogens (primary N) is 1. The summed E-state index contributed by atoms with van der Waals surface area (Å²) in [6, 6.07) is 4.39. The van der Waals surface area contributed by atoms with Gasteiger partial charge in [0.2, 0.25) is 0 Å². The van der Waals surface area contributed by atoms with Gasteiger partial charge in [0.1, 0.15) is 0 Å². The van der Waals surface area contributed by atoms with E-state index in [1.165, 1.54) is 30.7 Å². The van der Waals surface area contributed by atoms with E-state index < -0.39 is 0 Å². The number of carbonyl (C=O) groups excluding carboxylic acids is 1. The van der Waals surface area contributed by atoms with Crippen LogP contribution in [-0.2, 0) is 0 Å². The molecule has 1 aliphatic heterocycles. The molecule has 4 rings (SSSR count). The molecule has 0 unspecified atom stereocenters. The predicted octanol–water partition coefficient (Wildman–Crippen LogP) is 3.77. The Balaban J connectivity index is 1.57. The number of benzene rings is 1. The Kier molecular flexibility index (Phi) is 5.12. The summed E-state index contributed by atoms with van der Waals surface area (Å²) in [4.78, 5) is 22.4. The fourth-order valence-electron chi connectivity index (χ4n) is 4.26. The molecule has 0 bridgehead atoms. The van der Waals surface area contributed by atoms with Gasteiger partial charge in [0, 0.05) is 37.8 Å². The molecular weight excluding hydrogens is 356 g/mol. The molecule has 2 heterocycles. The zero-order chi connectivity index (χ0) is 19.1. The van der Waals surface area contributed by atoms with Crippen LogP contribution in [0.2, 0.25) is 0 Å². The van der Waals surface area contributed by atoms with Crippen molar-refractivity contribution >= 4 is 32.6 Å². The van der Waals surface area contributed by atoms with Gasteiger partial charge in [-0.3, -0.25) is 9.69 Å². The highest BCUT2D eigenvalue weighted by Crippen LogP contribution is 2.32. The van der Waals surface area contributed by atoms with Gasteiger partial charge < -0.3 is 10.6 Å². The van der Waals surface area contributed by atoms with E-state index in [-0.39, 0.29) is 5.91 Å². The maximum Gasteiger partial charge on any atom is 0.253 e. The zero-order valence-corrected chi connectivity index (χ0v) is 17.4. The monoisotopic (exact) mass is 386 g/mol. The maximum absolute atomic E-state index is 13.3. The largest absolute Gasteiger partial charge is 0.375 e. The summed E-state index contributed by atoms with van der Waals surface area (Å²) in [5.41, 5.74) is 8.57. The number of carbonyl (C=O) groups is 1. The lowest BCUT2D eigenvalue weighted by Crippen LogP contribution is -2.46. The van der Waals surface area contributed by atoms with Crippen LogP contribution in [0.1, 0.15) is 49.0 Å². The summed E-state index contributed by atoms with van der Waals surface area (Å²) < 4.78 is 1.00. The lowest BCUT2D eigenvalue weighted by molar-refractivity contribution is 0.0704. The highest BCUT2D eigenvalue weighted by atomic mass is 32.1. The van der Waals surface area contributed by atoms with E-state index in [0.29, 0.717) is 17.1 Å². The molecule has 2 N–H and O–H groups in total. The van der Waals surface area contributed by atoms with Crippen LogP contribution in [0.5, 0.6) is 0 Å². The third-order valence-corrected chi connectivity index (χ3v) is 6.78. The fourth-order valence-corrected chi connectivity index (χ4v) is 5.11. The van der Waals surface area contributed by atoms with E-state index >= 15 is 0 Å². The van der Waals surface area contributed by atoms with Crippen LogP contribution in [0.15, 0.2) is 12.1 Å². The normalized spacial score (nSPS) is 21.8. The number of aryl methyl sites for hydroxylation is 1. The molecule has 6 heteroatoms. The molecule has 0 radical (unpaired) electrons. The Morgan fingerprint density at radius 1 is 1.33 bits per heavy atom. The van der Waals surface area contributed by atoms with Crippen molar-refractivity contribution in [2.24, 2.45) is 11.8 Å². The maximum atomic E-state index is 13.3. The lowest BCUT2D eigenvalue weighted by atomic mass is 10.0. The first-order valence-electron chi connectivity index (χ1n) is 10.1. The molecule has 1 atom stereocenters. The number of anilines is 1. The summed E-state index contributed by atoms with van der Waals surface area (Å²) in [7, 11) is 0. The van der Waals surface area contributed by atoms with Gasteiger partial charge in [-0.1, -0.05) is 25.2 Å². The highest BCUT2D eigenvalue weighted by molar-refractivity contribution is 7.22. The minimum absolute atomic E-state index is 0.144. The number of nitrogen functional groups attached to an aromatic ring is 1. The number of nitrogens with zero attached hydrogens (tertiary/aromatic N) is 3. The van der Waals surface area contributed by atoms with E-state index in [0.717, 1.165) is 53.3 Å². The van der Waals surface area contributed by atoms with Crippen molar-refractivity contribution in [2.75, 3.05) is 31.9 Å². The molecule has 5 nitrogen and oxygen atoms in total. The molecule has 1 aromatic heterocycles. The number of amides is 1. The molecule has 1 saturated carbocycles. The van der Waals surface area contributed by atoms with Crippen molar-refractivity contribution in [1.82, 2.24) is 14.8 Å². The molecule has 1 aliphatic carbocycles. The van der Waals surface area contributed by atoms with Crippen molar-refractivity contribution in [1.29, 1.82) is 0 Å². The van der Waals surface area contributed by atoms with Gasteiger partial charge in [0.25, 0.3) is 5.91 Å². The van der Waals surface area contributed by atoms with Crippen molar-refractivity contribution in [3.8, 4) is 0 Å². The lowest BCUT2D eigenvalue weighted by Gasteiger charge is -2.34. The van der Waals surface area contributed by atoms with E-state index in [4.69, 9.17) is 5.73 Å². The topological polar surface area (TPSA) is 62.5 Å². The number of fused-ring (bicyclic) bond motifs is 1. The third kappa shape index (κ3) is 3.97. The second-order valence-corrected chi connectivity index (χ2v) is 9.61. The van der Waals surface area contributed by atoms with Crippen LogP contribution in [0.3, 0.4) is 0 Å². The second-order valence-electron chi connectivity index (χ2n) is 8.55. The van der Waals surface area contributed by atoms with Crippen LogP contribution in [0, 0.1) is 18.8 Å². The van der Waals surface area contributed by atoms with Gasteiger partial charge in [0.15, 0.2) is 5.13 Å². The van der Waals surface area contributed by atoms with E-state index in [9.17, 15) is 4.79 Å². The first-order chi connectivity index (χ1) is 12.9. The first kappa shape index (κ1) is 18.7. The Hall–Kier alpha value is -1.66. The summed E-state index contributed by atoms with van der Waals surface area (Å²) >= 11 is 1.46. The number of thiazole rings is 1. The van der Waals surface area contributed by atoms with Gasteiger partial charge in [-0.15, -0.1) is 0 Å². The SMILES string of the molecule is Cc1cc(C(=O)N2CCCN(CC3CC3)[C@H](C(C)C)C2)cc2sc(N)nc12. The van der Waals surface area contributed by atoms with Gasteiger partial charge >= 0.3 is 0 Å². The molecule has 1 saturated heterocycles. The smallest absolute Gasteiger partial charge is 0.253 e. The average Bonchev–Trinajstić information content (AvgIpc) is 3.38. The first-order valence-corrected chi connectivity index (χ1v) is 10.9.